The normalized spacial score (nSPS) is 15.8. The Kier molecular flexibility index (Phi) is 5.54. The minimum absolute atomic E-state index is 0.140. The number of hydrogen-bond acceptors (Lipinski definition) is 3. The Morgan fingerprint density at radius 3 is 2.43 bits per heavy atom. The molecule has 0 spiro atoms. The summed E-state index contributed by atoms with van der Waals surface area (Å²) in [6.45, 7) is 1.56. The molecule has 0 aromatic carbocycles. The van der Waals surface area contributed by atoms with Gasteiger partial charge in [0.05, 0.1) is 0 Å². The van der Waals surface area contributed by atoms with E-state index in [9.17, 15) is 9.59 Å². The van der Waals surface area contributed by atoms with Crippen LogP contribution in [0.15, 0.2) is 18.2 Å². The van der Waals surface area contributed by atoms with Crippen LogP contribution in [0.1, 0.15) is 42.6 Å². The van der Waals surface area contributed by atoms with Gasteiger partial charge in [0.15, 0.2) is 0 Å². The van der Waals surface area contributed by atoms with Crippen LogP contribution >= 0.6 is 0 Å². The van der Waals surface area contributed by atoms with Crippen LogP contribution in [0.25, 0.3) is 0 Å². The van der Waals surface area contributed by atoms with Gasteiger partial charge in [0.1, 0.15) is 11.5 Å². The van der Waals surface area contributed by atoms with Crippen molar-refractivity contribution in [2.45, 2.75) is 32.1 Å². The lowest BCUT2D eigenvalue weighted by molar-refractivity contribution is 0.0958. The second-order valence-electron chi connectivity index (χ2n) is 5.17. The Morgan fingerprint density at radius 1 is 1.10 bits per heavy atom. The number of nitrogens with one attached hydrogen (secondary N) is 2. The average Bonchev–Trinajstić information content (AvgIpc) is 2.46. The molecule has 1 aliphatic rings. The molecule has 1 aromatic heterocycles. The summed E-state index contributed by atoms with van der Waals surface area (Å²) in [5, 5.41) is 5.29. The predicted octanol–water partition coefficient (Wildman–Crippen LogP) is 2.24. The summed E-state index contributed by atoms with van der Waals surface area (Å²) < 4.78 is 0. The summed E-state index contributed by atoms with van der Waals surface area (Å²) in [6, 6.07) is 4.87. The molecule has 0 radical (unpaired) electrons. The first kappa shape index (κ1) is 15.3. The SMILES string of the molecule is CNC(=O)c1cccc(NC(=O)N2CCCCCCC2)n1. The van der Waals surface area contributed by atoms with E-state index in [1.807, 2.05) is 4.90 Å². The second kappa shape index (κ2) is 7.61. The van der Waals surface area contributed by atoms with Gasteiger partial charge in [-0.05, 0) is 25.0 Å². The van der Waals surface area contributed by atoms with E-state index < -0.39 is 0 Å². The number of likely N-dealkylation sites (tertiary alicyclic amines) is 1. The number of rotatable bonds is 2. The van der Waals surface area contributed by atoms with Gasteiger partial charge in [-0.2, -0.15) is 0 Å². The van der Waals surface area contributed by atoms with Gasteiger partial charge in [0, 0.05) is 20.1 Å². The number of carbonyl (C=O) groups excluding carboxylic acids is 2. The van der Waals surface area contributed by atoms with Gasteiger partial charge in [-0.3, -0.25) is 10.1 Å². The first-order valence-electron chi connectivity index (χ1n) is 7.46. The molecule has 6 nitrogen and oxygen atoms in total. The molecule has 0 bridgehead atoms. The van der Waals surface area contributed by atoms with Crippen molar-refractivity contribution in [3.63, 3.8) is 0 Å². The summed E-state index contributed by atoms with van der Waals surface area (Å²) in [5.74, 6) is 0.139. The van der Waals surface area contributed by atoms with Crippen LogP contribution in [-0.2, 0) is 0 Å². The van der Waals surface area contributed by atoms with Crippen molar-refractivity contribution in [3.8, 4) is 0 Å². The van der Waals surface area contributed by atoms with Crippen molar-refractivity contribution >= 4 is 17.8 Å². The predicted molar refractivity (Wildman–Crippen MR) is 81.3 cm³/mol. The van der Waals surface area contributed by atoms with Gasteiger partial charge < -0.3 is 10.2 Å². The molecule has 0 saturated carbocycles. The third-order valence-corrected chi connectivity index (χ3v) is 3.59. The van der Waals surface area contributed by atoms with Crippen LogP contribution in [0.2, 0.25) is 0 Å². The van der Waals surface area contributed by atoms with Crippen LogP contribution in [0.5, 0.6) is 0 Å². The summed E-state index contributed by atoms with van der Waals surface area (Å²) in [6.07, 6.45) is 5.69. The second-order valence-corrected chi connectivity index (χ2v) is 5.17. The quantitative estimate of drug-likeness (QED) is 0.877. The smallest absolute Gasteiger partial charge is 0.323 e. The number of urea groups is 1. The molecule has 3 amide bonds. The average molecular weight is 290 g/mol. The van der Waals surface area contributed by atoms with Crippen LogP contribution < -0.4 is 10.6 Å². The molecule has 1 saturated heterocycles. The summed E-state index contributed by atoms with van der Waals surface area (Å²) >= 11 is 0. The molecular formula is C15H22N4O2. The van der Waals surface area contributed by atoms with E-state index in [1.165, 1.54) is 19.3 Å². The van der Waals surface area contributed by atoms with Crippen LogP contribution in [-0.4, -0.2) is 42.0 Å². The van der Waals surface area contributed by atoms with E-state index in [1.54, 1.807) is 25.2 Å². The van der Waals surface area contributed by atoms with E-state index >= 15 is 0 Å². The molecule has 0 aliphatic carbocycles. The summed E-state index contributed by atoms with van der Waals surface area (Å²) in [7, 11) is 1.55. The lowest BCUT2D eigenvalue weighted by Gasteiger charge is -2.24. The number of carbonyl (C=O) groups is 2. The van der Waals surface area contributed by atoms with Crippen LogP contribution in [0.4, 0.5) is 10.6 Å². The zero-order chi connectivity index (χ0) is 15.1. The maximum atomic E-state index is 12.3. The van der Waals surface area contributed by atoms with Gasteiger partial charge in [-0.15, -0.1) is 0 Å². The van der Waals surface area contributed by atoms with Crippen LogP contribution in [0.3, 0.4) is 0 Å². The molecular weight excluding hydrogens is 268 g/mol. The van der Waals surface area contributed by atoms with E-state index in [4.69, 9.17) is 0 Å². The maximum absolute atomic E-state index is 12.3. The fourth-order valence-electron chi connectivity index (χ4n) is 2.40. The molecule has 0 atom stereocenters. The van der Waals surface area contributed by atoms with Crippen molar-refractivity contribution in [1.82, 2.24) is 15.2 Å². The van der Waals surface area contributed by atoms with Gasteiger partial charge in [-0.25, -0.2) is 9.78 Å². The van der Waals surface area contributed by atoms with Gasteiger partial charge in [0.2, 0.25) is 0 Å². The number of anilines is 1. The Balaban J connectivity index is 1.99. The molecule has 0 unspecified atom stereocenters. The molecule has 1 fully saturated rings. The standard InChI is InChI=1S/C15H22N4O2/c1-16-14(20)12-8-7-9-13(17-12)18-15(21)19-10-5-3-2-4-6-11-19/h7-9H,2-6,10-11H2,1H3,(H,16,20)(H,17,18,21). The fraction of sp³-hybridized carbons (Fsp3) is 0.533. The lowest BCUT2D eigenvalue weighted by atomic mass is 10.1. The van der Waals surface area contributed by atoms with Gasteiger partial charge in [0.25, 0.3) is 5.91 Å². The number of aromatic nitrogens is 1. The minimum Gasteiger partial charge on any atom is -0.354 e. The molecule has 2 heterocycles. The van der Waals surface area contributed by atoms with E-state index in [0.717, 1.165) is 25.9 Å². The Labute approximate surface area is 124 Å². The molecule has 2 rings (SSSR count). The molecule has 2 N–H and O–H groups in total. The van der Waals surface area contributed by atoms with E-state index in [-0.39, 0.29) is 11.9 Å². The van der Waals surface area contributed by atoms with E-state index in [2.05, 4.69) is 15.6 Å². The number of amides is 3. The first-order chi connectivity index (χ1) is 10.2. The molecule has 6 heteroatoms. The highest BCUT2D eigenvalue weighted by atomic mass is 16.2. The van der Waals surface area contributed by atoms with Gasteiger partial charge in [-0.1, -0.05) is 25.3 Å². The lowest BCUT2D eigenvalue weighted by Crippen LogP contribution is -2.37. The van der Waals surface area contributed by atoms with Crippen molar-refractivity contribution in [1.29, 1.82) is 0 Å². The monoisotopic (exact) mass is 290 g/mol. The van der Waals surface area contributed by atoms with Crippen molar-refractivity contribution in [2.75, 3.05) is 25.5 Å². The maximum Gasteiger partial charge on any atom is 0.323 e. The highest BCUT2D eigenvalue weighted by molar-refractivity contribution is 5.93. The number of hydrogen-bond donors (Lipinski definition) is 2. The zero-order valence-corrected chi connectivity index (χ0v) is 12.4. The van der Waals surface area contributed by atoms with Gasteiger partial charge >= 0.3 is 6.03 Å². The summed E-state index contributed by atoms with van der Waals surface area (Å²) in [5.41, 5.74) is 0.294. The van der Waals surface area contributed by atoms with Crippen LogP contribution in [0, 0.1) is 0 Å². The fourth-order valence-corrected chi connectivity index (χ4v) is 2.40. The van der Waals surface area contributed by atoms with E-state index in [0.29, 0.717) is 11.5 Å². The molecule has 1 aliphatic heterocycles. The number of pyridine rings is 1. The topological polar surface area (TPSA) is 74.3 Å². The zero-order valence-electron chi connectivity index (χ0n) is 12.4. The van der Waals surface area contributed by atoms with Crippen molar-refractivity contribution in [3.05, 3.63) is 23.9 Å². The molecule has 21 heavy (non-hydrogen) atoms. The minimum atomic E-state index is -0.266. The highest BCUT2D eigenvalue weighted by Crippen LogP contribution is 2.12. The third-order valence-electron chi connectivity index (χ3n) is 3.59. The Morgan fingerprint density at radius 2 is 1.76 bits per heavy atom. The van der Waals surface area contributed by atoms with Crippen molar-refractivity contribution in [2.24, 2.45) is 0 Å². The highest BCUT2D eigenvalue weighted by Gasteiger charge is 2.15. The van der Waals surface area contributed by atoms with Crippen molar-refractivity contribution < 1.29 is 9.59 Å². The molecule has 1 aromatic rings. The number of nitrogens with zero attached hydrogens (tertiary/aromatic N) is 2. The summed E-state index contributed by atoms with van der Waals surface area (Å²) in [4.78, 5) is 29.8. The third kappa shape index (κ3) is 4.44. The Bertz CT molecular complexity index is 496. The Hall–Kier alpha value is -2.11. The largest absolute Gasteiger partial charge is 0.354 e. The first-order valence-corrected chi connectivity index (χ1v) is 7.46. The molecule has 114 valence electrons.